The lowest BCUT2D eigenvalue weighted by atomic mass is 10.0. The summed E-state index contributed by atoms with van der Waals surface area (Å²) >= 11 is 0. The first-order chi connectivity index (χ1) is 15.2. The third-order valence-electron chi connectivity index (χ3n) is 5.02. The lowest BCUT2D eigenvalue weighted by molar-refractivity contribution is -0.0140. The first kappa shape index (κ1) is 25.0. The van der Waals surface area contributed by atoms with E-state index in [1.807, 2.05) is 31.2 Å². The molecule has 2 aromatic rings. The van der Waals surface area contributed by atoms with Crippen LogP contribution in [0.5, 0.6) is 0 Å². The molecule has 172 valence electrons. The second kappa shape index (κ2) is 11.4. The molecule has 0 aliphatic rings. The summed E-state index contributed by atoms with van der Waals surface area (Å²) in [4.78, 5) is 15.6. The molecule has 0 saturated carbocycles. The summed E-state index contributed by atoms with van der Waals surface area (Å²) in [6, 6.07) is 11.1. The van der Waals surface area contributed by atoms with Crippen LogP contribution in [0.1, 0.15) is 60.2 Å². The Morgan fingerprint density at radius 2 is 1.97 bits per heavy atom. The van der Waals surface area contributed by atoms with Crippen LogP contribution in [0, 0.1) is 6.92 Å². The lowest BCUT2D eigenvalue weighted by Crippen LogP contribution is -2.19. The van der Waals surface area contributed by atoms with Crippen molar-refractivity contribution in [1.82, 2.24) is 0 Å². The second-order valence-corrected chi connectivity index (χ2v) is 7.88. The van der Waals surface area contributed by atoms with Gasteiger partial charge in [-0.15, -0.1) is 0 Å². The van der Waals surface area contributed by atoms with E-state index in [0.29, 0.717) is 41.4 Å². The topological polar surface area (TPSA) is 79.5 Å². The van der Waals surface area contributed by atoms with Gasteiger partial charge in [-0.2, -0.15) is 0 Å². The van der Waals surface area contributed by atoms with Gasteiger partial charge in [-0.1, -0.05) is 38.1 Å². The van der Waals surface area contributed by atoms with Crippen LogP contribution in [-0.4, -0.2) is 24.6 Å². The third-order valence-corrected chi connectivity index (χ3v) is 5.02. The highest BCUT2D eigenvalue weighted by molar-refractivity contribution is 5.97. The van der Waals surface area contributed by atoms with E-state index in [1.165, 1.54) is 0 Å². The van der Waals surface area contributed by atoms with E-state index in [-0.39, 0.29) is 19.4 Å². The molecule has 5 nitrogen and oxygen atoms in total. The molecular formula is C25H32F2N4O. The Kier molecular flexibility index (Phi) is 8.93. The van der Waals surface area contributed by atoms with Gasteiger partial charge in [-0.05, 0) is 43.2 Å². The summed E-state index contributed by atoms with van der Waals surface area (Å²) in [6.07, 6.45) is 0.808. The number of halogens is 2. The van der Waals surface area contributed by atoms with E-state index in [0.717, 1.165) is 23.0 Å². The van der Waals surface area contributed by atoms with Gasteiger partial charge >= 0.3 is 0 Å². The average Bonchev–Trinajstić information content (AvgIpc) is 2.73. The van der Waals surface area contributed by atoms with E-state index in [2.05, 4.69) is 22.2 Å². The summed E-state index contributed by atoms with van der Waals surface area (Å²) in [6.45, 7) is 9.74. The van der Waals surface area contributed by atoms with E-state index in [9.17, 15) is 13.6 Å². The van der Waals surface area contributed by atoms with E-state index in [1.54, 1.807) is 26.0 Å². The molecule has 0 bridgehead atoms. The van der Waals surface area contributed by atoms with Crippen LogP contribution in [0.3, 0.4) is 0 Å². The Morgan fingerprint density at radius 3 is 2.62 bits per heavy atom. The highest BCUT2D eigenvalue weighted by Gasteiger charge is 2.26. The first-order valence-electron chi connectivity index (χ1n) is 10.7. The zero-order valence-corrected chi connectivity index (χ0v) is 19.0. The Bertz CT molecular complexity index is 986. The summed E-state index contributed by atoms with van der Waals surface area (Å²) in [7, 11) is 0. The molecule has 7 heteroatoms. The van der Waals surface area contributed by atoms with Crippen LogP contribution < -0.4 is 16.4 Å². The standard InChI is InChI=1S/C25H32F2N4O/c1-5-10-25(26,27)11-12-29-19(4)31-24-21(13-17(2)14-22(24)18(3)28)15-30-23-9-7-6-8-20(23)16-32/h6-9,13-14,16,30H,3,5,10-12,15,28H2,1-2,4H3,(H,29,31). The summed E-state index contributed by atoms with van der Waals surface area (Å²) in [5, 5.41) is 6.51. The number of rotatable bonds is 11. The van der Waals surface area contributed by atoms with Crippen molar-refractivity contribution in [3.05, 3.63) is 65.2 Å². The molecule has 4 N–H and O–H groups in total. The van der Waals surface area contributed by atoms with Crippen molar-refractivity contribution in [1.29, 1.82) is 0 Å². The highest BCUT2D eigenvalue weighted by Crippen LogP contribution is 2.29. The van der Waals surface area contributed by atoms with Crippen LogP contribution in [-0.2, 0) is 6.54 Å². The number of benzene rings is 2. The van der Waals surface area contributed by atoms with Crippen molar-refractivity contribution >= 4 is 29.2 Å². The fraction of sp³-hybridized carbons (Fsp3) is 0.360. The Hall–Kier alpha value is -3.22. The summed E-state index contributed by atoms with van der Waals surface area (Å²) in [5.74, 6) is -2.20. The second-order valence-electron chi connectivity index (χ2n) is 7.88. The molecule has 0 aliphatic carbocycles. The van der Waals surface area contributed by atoms with Crippen LogP contribution in [0.15, 0.2) is 48.0 Å². The zero-order valence-electron chi connectivity index (χ0n) is 19.0. The number of nitrogens with zero attached hydrogens (tertiary/aromatic N) is 1. The van der Waals surface area contributed by atoms with Gasteiger partial charge in [0.25, 0.3) is 0 Å². The molecule has 0 saturated heterocycles. The number of alkyl halides is 2. The van der Waals surface area contributed by atoms with Crippen molar-refractivity contribution in [2.24, 2.45) is 10.7 Å². The maximum Gasteiger partial charge on any atom is 0.249 e. The number of aldehydes is 1. The predicted octanol–water partition coefficient (Wildman–Crippen LogP) is 6.00. The molecule has 32 heavy (non-hydrogen) atoms. The van der Waals surface area contributed by atoms with Gasteiger partial charge < -0.3 is 16.4 Å². The number of aryl methyl sites for hydroxylation is 1. The Morgan fingerprint density at radius 1 is 1.25 bits per heavy atom. The number of hydrogen-bond donors (Lipinski definition) is 3. The number of carbonyl (C=O) groups excluding carboxylic acids is 1. The monoisotopic (exact) mass is 442 g/mol. The maximum absolute atomic E-state index is 13.8. The zero-order chi connectivity index (χ0) is 23.7. The molecule has 0 radical (unpaired) electrons. The minimum absolute atomic E-state index is 0.0247. The van der Waals surface area contributed by atoms with Crippen LogP contribution in [0.4, 0.5) is 20.2 Å². The molecule has 2 rings (SSSR count). The van der Waals surface area contributed by atoms with E-state index in [4.69, 9.17) is 5.73 Å². The van der Waals surface area contributed by atoms with Crippen molar-refractivity contribution in [2.45, 2.75) is 52.5 Å². The fourth-order valence-electron chi connectivity index (χ4n) is 3.45. The number of aliphatic imine (C=N–C) groups is 1. The number of anilines is 2. The molecule has 0 unspecified atom stereocenters. The normalized spacial score (nSPS) is 11.8. The van der Waals surface area contributed by atoms with Crippen LogP contribution in [0.2, 0.25) is 0 Å². The van der Waals surface area contributed by atoms with Gasteiger partial charge in [0.2, 0.25) is 5.92 Å². The van der Waals surface area contributed by atoms with Gasteiger partial charge in [-0.3, -0.25) is 9.79 Å². The largest absolute Gasteiger partial charge is 0.399 e. The molecular weight excluding hydrogens is 410 g/mol. The molecule has 0 spiro atoms. The van der Waals surface area contributed by atoms with Gasteiger partial charge in [0.1, 0.15) is 0 Å². The summed E-state index contributed by atoms with van der Waals surface area (Å²) in [5.41, 5.74) is 11.0. The van der Waals surface area contributed by atoms with Gasteiger partial charge in [0, 0.05) is 48.4 Å². The quantitative estimate of drug-likeness (QED) is 0.226. The molecule has 0 heterocycles. The number of nitrogens with one attached hydrogen (secondary N) is 2. The van der Waals surface area contributed by atoms with E-state index >= 15 is 0 Å². The first-order valence-corrected chi connectivity index (χ1v) is 10.7. The molecule has 0 atom stereocenters. The third kappa shape index (κ3) is 7.18. The molecule has 2 aromatic carbocycles. The van der Waals surface area contributed by atoms with Crippen LogP contribution >= 0.6 is 0 Å². The van der Waals surface area contributed by atoms with Crippen LogP contribution in [0.25, 0.3) is 5.70 Å². The number of hydrogen-bond acceptors (Lipinski definition) is 4. The molecule has 0 aliphatic heterocycles. The van der Waals surface area contributed by atoms with Gasteiger partial charge in [-0.25, -0.2) is 8.78 Å². The number of nitrogens with two attached hydrogens (primary N) is 1. The van der Waals surface area contributed by atoms with E-state index < -0.39 is 5.92 Å². The maximum atomic E-state index is 13.8. The minimum atomic E-state index is -2.71. The summed E-state index contributed by atoms with van der Waals surface area (Å²) < 4.78 is 27.5. The smallest absolute Gasteiger partial charge is 0.249 e. The van der Waals surface area contributed by atoms with Gasteiger partial charge in [0.15, 0.2) is 6.29 Å². The number of amidine groups is 1. The van der Waals surface area contributed by atoms with Crippen molar-refractivity contribution < 1.29 is 13.6 Å². The predicted molar refractivity (Wildman–Crippen MR) is 130 cm³/mol. The molecule has 0 amide bonds. The molecule has 0 aromatic heterocycles. The Balaban J connectivity index is 2.27. The number of carbonyl (C=O) groups is 1. The van der Waals surface area contributed by atoms with Crippen molar-refractivity contribution in [3.8, 4) is 0 Å². The van der Waals surface area contributed by atoms with Crippen molar-refractivity contribution in [2.75, 3.05) is 17.2 Å². The lowest BCUT2D eigenvalue weighted by Gasteiger charge is -2.19. The minimum Gasteiger partial charge on any atom is -0.399 e. The fourth-order valence-corrected chi connectivity index (χ4v) is 3.45. The van der Waals surface area contributed by atoms with Gasteiger partial charge in [0.05, 0.1) is 11.5 Å². The Labute approximate surface area is 188 Å². The van der Waals surface area contributed by atoms with Crippen molar-refractivity contribution in [3.63, 3.8) is 0 Å². The molecule has 0 fully saturated rings. The highest BCUT2D eigenvalue weighted by atomic mass is 19.3. The SMILES string of the molecule is C=C(N)c1cc(C)cc(CNc2ccccc2C=O)c1NC(C)=NCCC(F)(F)CCC. The number of para-hydroxylation sites is 1. The average molecular weight is 443 g/mol.